The maximum atomic E-state index is 11.3. The van der Waals surface area contributed by atoms with E-state index in [2.05, 4.69) is 6.92 Å². The van der Waals surface area contributed by atoms with Crippen LogP contribution in [0, 0.1) is 5.92 Å². The monoisotopic (exact) mass is 382 g/mol. The summed E-state index contributed by atoms with van der Waals surface area (Å²) >= 11 is 0. The molecule has 0 aromatic carbocycles. The van der Waals surface area contributed by atoms with Crippen LogP contribution in [0.25, 0.3) is 0 Å². The molecule has 1 aliphatic rings. The van der Waals surface area contributed by atoms with Gasteiger partial charge in [-0.05, 0) is 12.8 Å². The number of esters is 1. The second kappa shape index (κ2) is 16.4. The van der Waals surface area contributed by atoms with Crippen molar-refractivity contribution in [3.63, 3.8) is 0 Å². The van der Waals surface area contributed by atoms with Crippen LogP contribution in [0.4, 0.5) is 0 Å². The molecule has 1 saturated heterocycles. The average Bonchev–Trinajstić information content (AvgIpc) is 2.64. The van der Waals surface area contributed by atoms with Crippen LogP contribution in [-0.2, 0) is 9.53 Å². The van der Waals surface area contributed by atoms with Crippen LogP contribution < -0.4 is 0 Å². The second-order valence-electron chi connectivity index (χ2n) is 8.62. The van der Waals surface area contributed by atoms with E-state index in [0.717, 1.165) is 19.3 Å². The lowest BCUT2D eigenvalue weighted by molar-refractivity contribution is -0.188. The Labute approximate surface area is 168 Å². The van der Waals surface area contributed by atoms with Gasteiger partial charge in [0.1, 0.15) is 6.10 Å². The second-order valence-corrected chi connectivity index (χ2v) is 8.62. The number of carbonyl (C=O) groups is 1. The van der Waals surface area contributed by atoms with Crippen LogP contribution in [0.1, 0.15) is 129 Å². The van der Waals surface area contributed by atoms with Gasteiger partial charge in [0.25, 0.3) is 0 Å². The predicted molar refractivity (Wildman–Crippen MR) is 114 cm³/mol. The van der Waals surface area contributed by atoms with Gasteiger partial charge in [0, 0.05) is 6.42 Å². The summed E-state index contributed by atoms with van der Waals surface area (Å²) in [6.45, 7) is 4.29. The zero-order chi connectivity index (χ0) is 19.7. The summed E-state index contributed by atoms with van der Waals surface area (Å²) < 4.78 is 5.14. The third-order valence-electron chi connectivity index (χ3n) is 6.10. The molecule has 0 aromatic heterocycles. The Kier molecular flexibility index (Phi) is 14.9. The van der Waals surface area contributed by atoms with Crippen LogP contribution in [0.2, 0.25) is 0 Å². The van der Waals surface area contributed by atoms with E-state index in [1.54, 1.807) is 0 Å². The van der Waals surface area contributed by atoms with Crippen molar-refractivity contribution in [2.75, 3.05) is 0 Å². The van der Waals surface area contributed by atoms with Gasteiger partial charge in [0.15, 0.2) is 0 Å². The zero-order valence-electron chi connectivity index (χ0n) is 18.2. The van der Waals surface area contributed by atoms with Crippen LogP contribution in [0.15, 0.2) is 0 Å². The van der Waals surface area contributed by atoms with E-state index in [1.165, 1.54) is 89.9 Å². The van der Waals surface area contributed by atoms with Crippen molar-refractivity contribution in [2.24, 2.45) is 5.92 Å². The molecule has 1 fully saturated rings. The first kappa shape index (κ1) is 24.5. The normalized spacial score (nSPS) is 20.3. The summed E-state index contributed by atoms with van der Waals surface area (Å²) in [5.74, 6) is -0.0534. The van der Waals surface area contributed by atoms with E-state index in [9.17, 15) is 9.90 Å². The molecule has 1 heterocycles. The molecule has 1 aliphatic heterocycles. The van der Waals surface area contributed by atoms with Gasteiger partial charge in [0.2, 0.25) is 0 Å². The highest BCUT2D eigenvalue weighted by atomic mass is 16.6. The summed E-state index contributed by atoms with van der Waals surface area (Å²) in [6.07, 6.45) is 22.4. The quantitative estimate of drug-likeness (QED) is 0.194. The average molecular weight is 383 g/mol. The molecule has 0 aliphatic carbocycles. The molecule has 0 saturated carbocycles. The minimum absolute atomic E-state index is 0.0284. The fourth-order valence-electron chi connectivity index (χ4n) is 4.18. The number of unbranched alkanes of at least 4 members (excludes halogenated alkanes) is 14. The maximum absolute atomic E-state index is 11.3. The Morgan fingerprint density at radius 1 is 0.778 bits per heavy atom. The Balaban J connectivity index is 1.77. The number of cyclic esters (lactones) is 1. The van der Waals surface area contributed by atoms with E-state index >= 15 is 0 Å². The maximum Gasteiger partial charge on any atom is 0.313 e. The van der Waals surface area contributed by atoms with E-state index < -0.39 is 0 Å². The molecular weight excluding hydrogens is 336 g/mol. The van der Waals surface area contributed by atoms with Crippen molar-refractivity contribution >= 4 is 5.97 Å². The molecule has 0 aromatic rings. The molecule has 160 valence electrons. The molecule has 0 spiro atoms. The first-order valence-corrected chi connectivity index (χ1v) is 12.1. The molecular formula is C24H46O3. The SMILES string of the molecule is CCCCCCCCCCCCCCCCC[C@@H](O)CC1OC(=O)C1CC. The lowest BCUT2D eigenvalue weighted by Crippen LogP contribution is -2.46. The molecule has 1 rings (SSSR count). The number of carbonyl (C=O) groups excluding carboxylic acids is 1. The van der Waals surface area contributed by atoms with Gasteiger partial charge in [-0.15, -0.1) is 0 Å². The first-order valence-electron chi connectivity index (χ1n) is 12.1. The van der Waals surface area contributed by atoms with Gasteiger partial charge >= 0.3 is 5.97 Å². The highest BCUT2D eigenvalue weighted by Gasteiger charge is 2.41. The highest BCUT2D eigenvalue weighted by Crippen LogP contribution is 2.29. The summed E-state index contributed by atoms with van der Waals surface area (Å²) in [7, 11) is 0. The van der Waals surface area contributed by atoms with Crippen molar-refractivity contribution in [2.45, 2.75) is 142 Å². The summed E-state index contributed by atoms with van der Waals surface area (Å²) in [6, 6.07) is 0. The Morgan fingerprint density at radius 2 is 1.22 bits per heavy atom. The van der Waals surface area contributed by atoms with Crippen molar-refractivity contribution in [3.05, 3.63) is 0 Å². The fraction of sp³-hybridized carbons (Fsp3) is 0.958. The Morgan fingerprint density at radius 3 is 1.63 bits per heavy atom. The molecule has 27 heavy (non-hydrogen) atoms. The van der Waals surface area contributed by atoms with Crippen LogP contribution >= 0.6 is 0 Å². The van der Waals surface area contributed by atoms with Crippen molar-refractivity contribution < 1.29 is 14.6 Å². The molecule has 3 atom stereocenters. The van der Waals surface area contributed by atoms with Gasteiger partial charge in [-0.25, -0.2) is 0 Å². The minimum Gasteiger partial charge on any atom is -0.461 e. The van der Waals surface area contributed by atoms with Crippen molar-refractivity contribution in [3.8, 4) is 0 Å². The van der Waals surface area contributed by atoms with Gasteiger partial charge in [-0.2, -0.15) is 0 Å². The molecule has 1 N–H and O–H groups in total. The number of aliphatic hydroxyl groups is 1. The molecule has 0 radical (unpaired) electrons. The molecule has 3 nitrogen and oxygen atoms in total. The standard InChI is InChI=1S/C24H46O3/c1-3-5-6-7-8-9-10-11-12-13-14-15-16-17-18-19-21(25)20-23-22(4-2)24(26)27-23/h21-23,25H,3-20H2,1-2H3/t21-,22?,23?/m1/s1. The van der Waals surface area contributed by atoms with Crippen LogP contribution in [0.3, 0.4) is 0 Å². The van der Waals surface area contributed by atoms with E-state index in [0.29, 0.717) is 6.42 Å². The Hall–Kier alpha value is -0.570. The van der Waals surface area contributed by atoms with Gasteiger partial charge in [-0.3, -0.25) is 4.79 Å². The number of aliphatic hydroxyl groups excluding tert-OH is 1. The van der Waals surface area contributed by atoms with Gasteiger partial charge < -0.3 is 9.84 Å². The molecule has 0 amide bonds. The summed E-state index contributed by atoms with van der Waals surface area (Å²) in [5, 5.41) is 10.1. The largest absolute Gasteiger partial charge is 0.461 e. The van der Waals surface area contributed by atoms with Gasteiger partial charge in [-0.1, -0.05) is 110 Å². The lowest BCUT2D eigenvalue weighted by atomic mass is 9.89. The zero-order valence-corrected chi connectivity index (χ0v) is 18.2. The lowest BCUT2D eigenvalue weighted by Gasteiger charge is -2.35. The van der Waals surface area contributed by atoms with Crippen molar-refractivity contribution in [1.29, 1.82) is 0 Å². The molecule has 3 heteroatoms. The van der Waals surface area contributed by atoms with E-state index in [-0.39, 0.29) is 24.1 Å². The number of ether oxygens (including phenoxy) is 1. The summed E-state index contributed by atoms with van der Waals surface area (Å²) in [5.41, 5.74) is 0. The smallest absolute Gasteiger partial charge is 0.313 e. The van der Waals surface area contributed by atoms with Crippen LogP contribution in [0.5, 0.6) is 0 Å². The number of rotatable bonds is 19. The van der Waals surface area contributed by atoms with Gasteiger partial charge in [0.05, 0.1) is 12.0 Å². The van der Waals surface area contributed by atoms with E-state index in [4.69, 9.17) is 4.74 Å². The fourth-order valence-corrected chi connectivity index (χ4v) is 4.18. The third-order valence-corrected chi connectivity index (χ3v) is 6.10. The summed E-state index contributed by atoms with van der Waals surface area (Å²) in [4.78, 5) is 11.3. The topological polar surface area (TPSA) is 46.5 Å². The van der Waals surface area contributed by atoms with Crippen LogP contribution in [-0.4, -0.2) is 23.3 Å². The number of hydrogen-bond donors (Lipinski definition) is 1. The molecule has 2 unspecified atom stereocenters. The highest BCUT2D eigenvalue weighted by molar-refractivity contribution is 5.78. The minimum atomic E-state index is -0.306. The number of hydrogen-bond acceptors (Lipinski definition) is 3. The van der Waals surface area contributed by atoms with E-state index in [1.807, 2.05) is 6.92 Å². The predicted octanol–water partition coefficient (Wildman–Crippen LogP) is 6.95. The third kappa shape index (κ3) is 11.8. The van der Waals surface area contributed by atoms with Crippen molar-refractivity contribution in [1.82, 2.24) is 0 Å². The molecule has 0 bridgehead atoms. The first-order chi connectivity index (χ1) is 13.2. The Bertz CT molecular complexity index is 356.